The molecule has 0 saturated carbocycles. The first kappa shape index (κ1) is 27.0. The van der Waals surface area contributed by atoms with Gasteiger partial charge in [0.1, 0.15) is 17.4 Å². The number of nitrogens with two attached hydrogens (primary N) is 1. The fraction of sp³-hybridized carbons (Fsp3) is 0.333. The number of ether oxygens (including phenoxy) is 1. The predicted octanol–water partition coefficient (Wildman–Crippen LogP) is 1.89. The maximum Gasteiger partial charge on any atom is 0.275 e. The van der Waals surface area contributed by atoms with Gasteiger partial charge < -0.3 is 15.4 Å². The fourth-order valence-electron chi connectivity index (χ4n) is 3.67. The van der Waals surface area contributed by atoms with E-state index in [2.05, 4.69) is 51.1 Å². The molecule has 0 radical (unpaired) electrons. The van der Waals surface area contributed by atoms with Gasteiger partial charge >= 0.3 is 0 Å². The van der Waals surface area contributed by atoms with Crippen molar-refractivity contribution in [2.75, 3.05) is 32.5 Å². The molecule has 2 N–H and O–H groups in total. The fourth-order valence-corrected chi connectivity index (χ4v) is 3.67. The van der Waals surface area contributed by atoms with Crippen molar-refractivity contribution in [3.05, 3.63) is 41.5 Å². The molecule has 1 aliphatic rings. The van der Waals surface area contributed by atoms with Gasteiger partial charge in [0.2, 0.25) is 5.95 Å². The van der Waals surface area contributed by atoms with Crippen molar-refractivity contribution in [3.63, 3.8) is 0 Å². The van der Waals surface area contributed by atoms with E-state index in [1.54, 1.807) is 22.8 Å². The van der Waals surface area contributed by atoms with Crippen LogP contribution in [0.3, 0.4) is 0 Å². The van der Waals surface area contributed by atoms with Gasteiger partial charge in [0.05, 0.1) is 24.8 Å². The van der Waals surface area contributed by atoms with Crippen LogP contribution < -0.4 is 5.73 Å². The van der Waals surface area contributed by atoms with Crippen LogP contribution in [0, 0.1) is 37.3 Å². The molecule has 0 atom stereocenters. The van der Waals surface area contributed by atoms with E-state index in [0.29, 0.717) is 50.5 Å². The van der Waals surface area contributed by atoms with E-state index in [0.717, 1.165) is 12.1 Å². The number of benzene rings is 1. The van der Waals surface area contributed by atoms with E-state index in [4.69, 9.17) is 10.5 Å². The molecule has 4 heterocycles. The Morgan fingerprint density at radius 3 is 2.59 bits per heavy atom. The molecule has 1 aliphatic heterocycles. The number of hydrogen-bond acceptors (Lipinski definition) is 8. The third kappa shape index (κ3) is 5.63. The van der Waals surface area contributed by atoms with Crippen LogP contribution in [0.15, 0.2) is 18.3 Å². The minimum absolute atomic E-state index is 0.0337. The maximum absolute atomic E-state index is 14.1. The van der Waals surface area contributed by atoms with E-state index in [1.807, 2.05) is 0 Å². The molecule has 5 rings (SSSR count). The van der Waals surface area contributed by atoms with Crippen molar-refractivity contribution in [1.29, 1.82) is 0 Å². The number of carbonyl (C=O) groups is 1. The van der Waals surface area contributed by atoms with Crippen molar-refractivity contribution >= 4 is 28.4 Å². The first-order valence-corrected chi connectivity index (χ1v) is 11.1. The number of nitrogen functional groups attached to an aromatic ring is 1. The largest absolute Gasteiger partial charge is 0.377 e. The van der Waals surface area contributed by atoms with Crippen molar-refractivity contribution in [2.45, 2.75) is 25.3 Å². The summed E-state index contributed by atoms with van der Waals surface area (Å²) >= 11 is 0. The smallest absolute Gasteiger partial charge is 0.275 e. The molecular weight excluding hydrogens is 484 g/mol. The topological polar surface area (TPSA) is 129 Å². The zero-order valence-electron chi connectivity index (χ0n) is 20.1. The van der Waals surface area contributed by atoms with Crippen LogP contribution in [0.1, 0.15) is 35.2 Å². The lowest BCUT2D eigenvalue weighted by atomic mass is 10.2. The molecule has 4 aromatic rings. The summed E-state index contributed by atoms with van der Waals surface area (Å²) in [6, 6.07) is 2.05. The predicted molar refractivity (Wildman–Crippen MR) is 132 cm³/mol. The first-order valence-electron chi connectivity index (χ1n) is 11.1. The first-order chi connectivity index (χ1) is 17.9. The number of nitrogens with zero attached hydrogens (tertiary/aromatic N) is 8. The van der Waals surface area contributed by atoms with Crippen molar-refractivity contribution in [3.8, 4) is 25.7 Å². The van der Waals surface area contributed by atoms with E-state index in [9.17, 15) is 13.6 Å². The summed E-state index contributed by atoms with van der Waals surface area (Å²) in [5, 5.41) is 12.5. The van der Waals surface area contributed by atoms with Gasteiger partial charge in [-0.3, -0.25) is 4.79 Å². The highest BCUT2D eigenvalue weighted by Crippen LogP contribution is 2.23. The third-order valence-corrected chi connectivity index (χ3v) is 5.58. The Labute approximate surface area is 211 Å². The summed E-state index contributed by atoms with van der Waals surface area (Å²) in [4.78, 5) is 22.5. The molecule has 3 aromatic heterocycles. The maximum atomic E-state index is 14.1. The summed E-state index contributed by atoms with van der Waals surface area (Å²) in [6.07, 6.45) is 19.5. The molecule has 1 amide bonds. The van der Waals surface area contributed by atoms with Crippen LogP contribution in [0.5, 0.6) is 0 Å². The highest BCUT2D eigenvalue weighted by atomic mass is 19.1. The summed E-state index contributed by atoms with van der Waals surface area (Å²) in [5.74, 6) is -1.31. The number of fused-ring (bicyclic) bond motifs is 3. The molecule has 0 aliphatic carbocycles. The Bertz CT molecular complexity index is 1430. The summed E-state index contributed by atoms with van der Waals surface area (Å²) in [7, 11) is 1.71. The average Bonchev–Trinajstić information content (AvgIpc) is 3.52. The van der Waals surface area contributed by atoms with Crippen LogP contribution in [0.2, 0.25) is 0 Å². The SMILES string of the molecule is C#C.C#C.CN(CCCCc1nc2c3cc(F)cc(F)c3nc(N)n2n1)C(=O)c1cn(C2COC2)nn1. The van der Waals surface area contributed by atoms with Crippen molar-refractivity contribution in [1.82, 2.24) is 39.5 Å². The van der Waals surface area contributed by atoms with Gasteiger partial charge in [0.25, 0.3) is 5.91 Å². The zero-order valence-corrected chi connectivity index (χ0v) is 20.1. The van der Waals surface area contributed by atoms with E-state index >= 15 is 0 Å². The molecule has 0 bridgehead atoms. The monoisotopic (exact) mass is 509 g/mol. The Morgan fingerprint density at radius 2 is 1.92 bits per heavy atom. The number of anilines is 1. The van der Waals surface area contributed by atoms with Crippen LogP contribution in [0.25, 0.3) is 16.6 Å². The second-order valence-corrected chi connectivity index (χ2v) is 7.98. The molecule has 1 aromatic carbocycles. The molecule has 11 nitrogen and oxygen atoms in total. The molecule has 0 spiro atoms. The lowest BCUT2D eigenvalue weighted by molar-refractivity contribution is -0.0294. The molecule has 1 saturated heterocycles. The minimum atomic E-state index is -0.808. The van der Waals surface area contributed by atoms with Gasteiger partial charge in [-0.25, -0.2) is 23.4 Å². The summed E-state index contributed by atoms with van der Waals surface area (Å²) in [5.41, 5.74) is 6.37. The van der Waals surface area contributed by atoms with Gasteiger partial charge in [-0.2, -0.15) is 4.52 Å². The molecule has 13 heteroatoms. The Kier molecular flexibility index (Phi) is 8.66. The molecule has 0 unspecified atom stereocenters. The number of halogens is 2. The Balaban J connectivity index is 0.000000907. The number of aromatic nitrogens is 7. The quantitative estimate of drug-likeness (QED) is 0.295. The van der Waals surface area contributed by atoms with Gasteiger partial charge in [-0.1, -0.05) is 5.21 Å². The zero-order chi connectivity index (χ0) is 27.1. The van der Waals surface area contributed by atoms with Gasteiger partial charge in [-0.15, -0.1) is 35.9 Å². The molecule has 1 fully saturated rings. The molecule has 192 valence electrons. The van der Waals surface area contributed by atoms with Crippen LogP contribution in [-0.2, 0) is 11.2 Å². The highest BCUT2D eigenvalue weighted by Gasteiger charge is 2.24. The minimum Gasteiger partial charge on any atom is -0.377 e. The number of carbonyl (C=O) groups excluding carboxylic acids is 1. The van der Waals surface area contributed by atoms with E-state index < -0.39 is 11.6 Å². The summed E-state index contributed by atoms with van der Waals surface area (Å²) in [6.45, 7) is 1.66. The third-order valence-electron chi connectivity index (χ3n) is 5.58. The van der Waals surface area contributed by atoms with Gasteiger partial charge in [-0.05, 0) is 18.9 Å². The second kappa shape index (κ2) is 11.9. The number of amides is 1. The standard InChI is InChI=1S/C20H21F2N9O2.2C2H2/c1-29(19(32)15-8-30(28-26-15)12-9-33-10-12)5-3-2-4-16-24-18-13-6-11(21)7-14(22)17(13)25-20(23)31(18)27-16;2*1-2/h6-8,12H,2-5,9-10H2,1H3,(H2,23,25);2*1-2H. The molecule has 37 heavy (non-hydrogen) atoms. The van der Waals surface area contributed by atoms with Gasteiger partial charge in [0, 0.05) is 26.1 Å². The van der Waals surface area contributed by atoms with E-state index in [-0.39, 0.29) is 34.4 Å². The van der Waals surface area contributed by atoms with Crippen LogP contribution >= 0.6 is 0 Å². The van der Waals surface area contributed by atoms with Crippen molar-refractivity contribution < 1.29 is 18.3 Å². The average molecular weight is 510 g/mol. The lowest BCUT2D eigenvalue weighted by Gasteiger charge is -2.25. The van der Waals surface area contributed by atoms with Crippen LogP contribution in [-0.4, -0.2) is 72.2 Å². The van der Waals surface area contributed by atoms with Crippen molar-refractivity contribution in [2.24, 2.45) is 0 Å². The lowest BCUT2D eigenvalue weighted by Crippen LogP contribution is -2.31. The number of aryl methyl sites for hydroxylation is 1. The normalized spacial score (nSPS) is 12.7. The molecular formula is C24H25F2N9O2. The summed E-state index contributed by atoms with van der Waals surface area (Å²) < 4.78 is 35.8. The highest BCUT2D eigenvalue weighted by molar-refractivity contribution is 5.92. The number of rotatable bonds is 7. The number of hydrogen-bond donors (Lipinski definition) is 1. The Morgan fingerprint density at radius 1 is 1.19 bits per heavy atom. The van der Waals surface area contributed by atoms with Gasteiger partial charge in [0.15, 0.2) is 23.0 Å². The van der Waals surface area contributed by atoms with E-state index in [1.165, 1.54) is 4.52 Å². The Hall–Kier alpha value is -4.62. The second-order valence-electron chi connectivity index (χ2n) is 7.98. The number of terminal acetylenes is 2. The number of unbranched alkanes of at least 4 members (excludes halogenated alkanes) is 1. The van der Waals surface area contributed by atoms with Crippen LogP contribution in [0.4, 0.5) is 14.7 Å².